The van der Waals surface area contributed by atoms with Crippen LogP contribution < -0.4 is 9.64 Å². The lowest BCUT2D eigenvalue weighted by Crippen LogP contribution is -2.56. The van der Waals surface area contributed by atoms with E-state index in [4.69, 9.17) is 4.74 Å². The monoisotopic (exact) mass is 356 g/mol. The standard InChI is InChI=1S/C18H17FN4O3/c19-13-9-20-18(21-10-13)23-8-7-22(11-16(23)24)17(25)15-6-5-12-3-1-2-4-14(12)26-15/h1-4,9-10,15H,5-8,11H2. The number of halogens is 1. The Morgan fingerprint density at radius 2 is 1.96 bits per heavy atom. The molecule has 7 nitrogen and oxygen atoms in total. The van der Waals surface area contributed by atoms with Gasteiger partial charge in [-0.3, -0.25) is 14.5 Å². The van der Waals surface area contributed by atoms with Crippen LogP contribution in [0, 0.1) is 5.82 Å². The van der Waals surface area contributed by atoms with E-state index >= 15 is 0 Å². The minimum Gasteiger partial charge on any atom is -0.480 e. The predicted octanol–water partition coefficient (Wildman–Crippen LogP) is 1.18. The molecule has 134 valence electrons. The molecule has 4 rings (SSSR count). The van der Waals surface area contributed by atoms with E-state index in [9.17, 15) is 14.0 Å². The molecule has 1 saturated heterocycles. The first-order chi connectivity index (χ1) is 12.6. The van der Waals surface area contributed by atoms with E-state index < -0.39 is 11.9 Å². The largest absolute Gasteiger partial charge is 0.480 e. The average Bonchev–Trinajstić information content (AvgIpc) is 2.68. The van der Waals surface area contributed by atoms with Crippen LogP contribution in [-0.2, 0) is 16.0 Å². The molecular formula is C18H17FN4O3. The molecule has 0 saturated carbocycles. The number of nitrogens with zero attached hydrogens (tertiary/aromatic N) is 4. The average molecular weight is 356 g/mol. The number of amides is 2. The second-order valence-electron chi connectivity index (χ2n) is 6.26. The summed E-state index contributed by atoms with van der Waals surface area (Å²) in [6, 6.07) is 7.65. The van der Waals surface area contributed by atoms with Crippen molar-refractivity contribution in [3.63, 3.8) is 0 Å². The first-order valence-electron chi connectivity index (χ1n) is 8.43. The van der Waals surface area contributed by atoms with E-state index in [-0.39, 0.29) is 30.9 Å². The lowest BCUT2D eigenvalue weighted by atomic mass is 10.0. The quantitative estimate of drug-likeness (QED) is 0.808. The van der Waals surface area contributed by atoms with Crippen molar-refractivity contribution in [3.05, 3.63) is 48.0 Å². The smallest absolute Gasteiger partial charge is 0.264 e. The highest BCUT2D eigenvalue weighted by Gasteiger charge is 2.35. The maximum atomic E-state index is 12.9. The van der Waals surface area contributed by atoms with Crippen LogP contribution >= 0.6 is 0 Å². The molecule has 0 bridgehead atoms. The van der Waals surface area contributed by atoms with Gasteiger partial charge in [0.05, 0.1) is 12.4 Å². The highest BCUT2D eigenvalue weighted by molar-refractivity contribution is 5.97. The summed E-state index contributed by atoms with van der Waals surface area (Å²) in [5, 5.41) is 0. The summed E-state index contributed by atoms with van der Waals surface area (Å²) in [5.41, 5.74) is 1.09. The number of para-hydroxylation sites is 1. The molecule has 0 aliphatic carbocycles. The first kappa shape index (κ1) is 16.4. The van der Waals surface area contributed by atoms with E-state index in [0.29, 0.717) is 13.0 Å². The van der Waals surface area contributed by atoms with E-state index in [1.54, 1.807) is 0 Å². The number of fused-ring (bicyclic) bond motifs is 1. The summed E-state index contributed by atoms with van der Waals surface area (Å²) in [6.07, 6.45) is 2.81. The molecule has 8 heteroatoms. The number of benzene rings is 1. The zero-order valence-electron chi connectivity index (χ0n) is 14.0. The number of ether oxygens (including phenoxy) is 1. The van der Waals surface area contributed by atoms with Crippen molar-refractivity contribution < 1.29 is 18.7 Å². The molecule has 3 heterocycles. The zero-order valence-corrected chi connectivity index (χ0v) is 14.0. The minimum absolute atomic E-state index is 0.0684. The Balaban J connectivity index is 1.42. The number of hydrogen-bond acceptors (Lipinski definition) is 5. The predicted molar refractivity (Wildman–Crippen MR) is 90.1 cm³/mol. The number of carbonyl (C=O) groups excluding carboxylic acids is 2. The van der Waals surface area contributed by atoms with Gasteiger partial charge in [0.15, 0.2) is 11.9 Å². The highest BCUT2D eigenvalue weighted by Crippen LogP contribution is 2.28. The number of rotatable bonds is 2. The van der Waals surface area contributed by atoms with Crippen LogP contribution in [0.25, 0.3) is 0 Å². The summed E-state index contributed by atoms with van der Waals surface area (Å²) in [7, 11) is 0. The highest BCUT2D eigenvalue weighted by atomic mass is 19.1. The summed E-state index contributed by atoms with van der Waals surface area (Å²) in [4.78, 5) is 35.7. The SMILES string of the molecule is O=C(C1CCc2ccccc2O1)N1CCN(c2ncc(F)cn2)C(=O)C1. The van der Waals surface area contributed by atoms with Crippen LogP contribution in [0.4, 0.5) is 10.3 Å². The molecule has 0 N–H and O–H groups in total. The number of aromatic nitrogens is 2. The number of piperazine rings is 1. The van der Waals surface area contributed by atoms with Gasteiger partial charge < -0.3 is 9.64 Å². The van der Waals surface area contributed by atoms with Crippen LogP contribution in [-0.4, -0.2) is 52.4 Å². The Hall–Kier alpha value is -3.03. The molecule has 1 aromatic heterocycles. The van der Waals surface area contributed by atoms with Crippen molar-refractivity contribution in [2.45, 2.75) is 18.9 Å². The molecular weight excluding hydrogens is 339 g/mol. The van der Waals surface area contributed by atoms with Crippen LogP contribution in [0.3, 0.4) is 0 Å². The molecule has 2 amide bonds. The Morgan fingerprint density at radius 1 is 1.19 bits per heavy atom. The van der Waals surface area contributed by atoms with Crippen molar-refractivity contribution in [2.75, 3.05) is 24.5 Å². The van der Waals surface area contributed by atoms with Crippen molar-refractivity contribution in [1.29, 1.82) is 0 Å². The third kappa shape index (κ3) is 3.10. The van der Waals surface area contributed by atoms with Gasteiger partial charge in [-0.15, -0.1) is 0 Å². The van der Waals surface area contributed by atoms with E-state index in [0.717, 1.165) is 30.1 Å². The molecule has 2 aliphatic rings. The van der Waals surface area contributed by atoms with Gasteiger partial charge in [0.25, 0.3) is 5.91 Å². The fourth-order valence-corrected chi connectivity index (χ4v) is 3.22. The van der Waals surface area contributed by atoms with Gasteiger partial charge in [0, 0.05) is 13.1 Å². The first-order valence-corrected chi connectivity index (χ1v) is 8.43. The van der Waals surface area contributed by atoms with Crippen molar-refractivity contribution in [2.24, 2.45) is 0 Å². The number of hydrogen-bond donors (Lipinski definition) is 0. The van der Waals surface area contributed by atoms with Gasteiger partial charge in [0.2, 0.25) is 11.9 Å². The number of anilines is 1. The summed E-state index contributed by atoms with van der Waals surface area (Å²) >= 11 is 0. The normalized spacial score (nSPS) is 19.7. The van der Waals surface area contributed by atoms with Gasteiger partial charge in [-0.1, -0.05) is 18.2 Å². The van der Waals surface area contributed by atoms with E-state index in [2.05, 4.69) is 9.97 Å². The summed E-state index contributed by atoms with van der Waals surface area (Å²) < 4.78 is 18.8. The van der Waals surface area contributed by atoms with E-state index in [1.807, 2.05) is 24.3 Å². The Morgan fingerprint density at radius 3 is 2.73 bits per heavy atom. The van der Waals surface area contributed by atoms with Gasteiger partial charge in [-0.25, -0.2) is 14.4 Å². The van der Waals surface area contributed by atoms with E-state index in [1.165, 1.54) is 9.80 Å². The Bertz CT molecular complexity index is 843. The number of carbonyl (C=O) groups is 2. The molecule has 1 aromatic carbocycles. The molecule has 0 radical (unpaired) electrons. The van der Waals surface area contributed by atoms with Crippen LogP contribution in [0.5, 0.6) is 5.75 Å². The molecule has 2 aromatic rings. The van der Waals surface area contributed by atoms with Gasteiger partial charge in [-0.05, 0) is 24.5 Å². The second kappa shape index (κ2) is 6.70. The third-order valence-electron chi connectivity index (χ3n) is 4.57. The minimum atomic E-state index is -0.577. The lowest BCUT2D eigenvalue weighted by Gasteiger charge is -2.35. The van der Waals surface area contributed by atoms with Crippen LogP contribution in [0.2, 0.25) is 0 Å². The summed E-state index contributed by atoms with van der Waals surface area (Å²) in [5.74, 6) is -0.183. The van der Waals surface area contributed by atoms with Gasteiger partial charge in [0.1, 0.15) is 12.3 Å². The van der Waals surface area contributed by atoms with Crippen LogP contribution in [0.1, 0.15) is 12.0 Å². The van der Waals surface area contributed by atoms with Gasteiger partial charge >= 0.3 is 0 Å². The van der Waals surface area contributed by atoms with Crippen molar-refractivity contribution in [3.8, 4) is 5.75 Å². The maximum absolute atomic E-state index is 12.9. The Kier molecular flexibility index (Phi) is 4.24. The van der Waals surface area contributed by atoms with Crippen LogP contribution in [0.15, 0.2) is 36.7 Å². The maximum Gasteiger partial charge on any atom is 0.264 e. The number of aryl methyl sites for hydroxylation is 1. The van der Waals surface area contributed by atoms with Crippen molar-refractivity contribution in [1.82, 2.24) is 14.9 Å². The summed E-state index contributed by atoms with van der Waals surface area (Å²) in [6.45, 7) is 0.549. The van der Waals surface area contributed by atoms with Gasteiger partial charge in [-0.2, -0.15) is 0 Å². The molecule has 1 unspecified atom stereocenters. The fraction of sp³-hybridized carbons (Fsp3) is 0.333. The third-order valence-corrected chi connectivity index (χ3v) is 4.57. The fourth-order valence-electron chi connectivity index (χ4n) is 3.22. The molecule has 1 fully saturated rings. The molecule has 26 heavy (non-hydrogen) atoms. The Labute approximate surface area is 149 Å². The second-order valence-corrected chi connectivity index (χ2v) is 6.26. The zero-order chi connectivity index (χ0) is 18.1. The van der Waals surface area contributed by atoms with Crippen molar-refractivity contribution >= 4 is 17.8 Å². The molecule has 0 spiro atoms. The lowest BCUT2D eigenvalue weighted by molar-refractivity contribution is -0.143. The topological polar surface area (TPSA) is 75.6 Å². The molecule has 2 aliphatic heterocycles. The molecule has 1 atom stereocenters.